The highest BCUT2D eigenvalue weighted by atomic mass is 15.1. The van der Waals surface area contributed by atoms with Crippen molar-refractivity contribution in [3.05, 3.63) is 203 Å². The third-order valence-corrected chi connectivity index (χ3v) is 13.5. The fourth-order valence-electron chi connectivity index (χ4n) is 10.8. The minimum atomic E-state index is -0.0680. The number of hydrogen-bond acceptors (Lipinski definition) is 1. The van der Waals surface area contributed by atoms with Crippen LogP contribution in [0.25, 0.3) is 55.1 Å². The fourth-order valence-corrected chi connectivity index (χ4v) is 10.8. The SMILES string of the molecule is CC1(C)c2ccccc2-c2c(N(C3=CCC(C4=CCC5Cc6c(c7cccc8c9ccccc9c6n78)C5=C4)C=C3)c3ccc(-c4ccccc4)cc3)cccc21. The van der Waals surface area contributed by atoms with E-state index in [0.717, 1.165) is 19.3 Å². The predicted molar refractivity (Wildman–Crippen MR) is 235 cm³/mol. The van der Waals surface area contributed by atoms with Crippen molar-refractivity contribution in [2.24, 2.45) is 11.8 Å². The van der Waals surface area contributed by atoms with Crippen molar-refractivity contribution < 1.29 is 0 Å². The summed E-state index contributed by atoms with van der Waals surface area (Å²) >= 11 is 0. The summed E-state index contributed by atoms with van der Waals surface area (Å²) < 4.78 is 2.54. The second-order valence-corrected chi connectivity index (χ2v) is 16.8. The molecule has 0 amide bonds. The Bertz CT molecular complexity index is 3020. The van der Waals surface area contributed by atoms with Crippen LogP contribution in [-0.4, -0.2) is 4.40 Å². The largest absolute Gasteiger partial charge is 0.310 e. The zero-order valence-corrected chi connectivity index (χ0v) is 31.8. The van der Waals surface area contributed by atoms with Crippen molar-refractivity contribution in [2.45, 2.75) is 38.5 Å². The zero-order valence-electron chi connectivity index (χ0n) is 31.8. The predicted octanol–water partition coefficient (Wildman–Crippen LogP) is 13.8. The maximum absolute atomic E-state index is 2.57. The van der Waals surface area contributed by atoms with E-state index in [0.29, 0.717) is 11.8 Å². The Morgan fingerprint density at radius 3 is 2.20 bits per heavy atom. The first-order valence-electron chi connectivity index (χ1n) is 20.3. The van der Waals surface area contributed by atoms with Gasteiger partial charge in [0.05, 0.1) is 22.2 Å². The number of fused-ring (bicyclic) bond motifs is 11. The highest BCUT2D eigenvalue weighted by Gasteiger charge is 2.39. The standard InChI is InChI=1S/C54H42N2/c1-54(2)46-17-9-8-16-43(46)52-47(54)18-10-20-50(52)55(39-28-24-35(25-29-39)34-12-4-3-5-13-34)40-30-26-36(27-31-40)37-22-23-38-33-45-51(44(38)32-37)49-21-11-19-48-41-14-6-7-15-42(41)53(45)56(48)49/h3-22,24-26,28-32,36,38H,23,27,33H2,1-2H3. The lowest BCUT2D eigenvalue weighted by Crippen LogP contribution is -2.20. The van der Waals surface area contributed by atoms with Crippen molar-refractivity contribution in [3.63, 3.8) is 0 Å². The van der Waals surface area contributed by atoms with Gasteiger partial charge in [-0.15, -0.1) is 0 Å². The van der Waals surface area contributed by atoms with Crippen LogP contribution in [-0.2, 0) is 11.8 Å². The molecule has 0 fully saturated rings. The van der Waals surface area contributed by atoms with E-state index < -0.39 is 0 Å². The van der Waals surface area contributed by atoms with Crippen LogP contribution in [0, 0.1) is 11.8 Å². The molecule has 4 aliphatic rings. The molecule has 2 atom stereocenters. The van der Waals surface area contributed by atoms with E-state index in [1.165, 1.54) is 88.9 Å². The van der Waals surface area contributed by atoms with Crippen LogP contribution >= 0.6 is 0 Å². The van der Waals surface area contributed by atoms with Gasteiger partial charge in [0.25, 0.3) is 0 Å². The van der Waals surface area contributed by atoms with Crippen LogP contribution in [0.3, 0.4) is 0 Å². The summed E-state index contributed by atoms with van der Waals surface area (Å²) in [6, 6.07) is 51.6. The minimum absolute atomic E-state index is 0.0680. The number of nitrogens with zero attached hydrogens (tertiary/aromatic N) is 2. The maximum atomic E-state index is 2.57. The van der Waals surface area contributed by atoms with Crippen LogP contribution in [0.4, 0.5) is 11.4 Å². The molecule has 5 aromatic carbocycles. The fraction of sp³-hybridized carbons (Fsp3) is 0.148. The summed E-state index contributed by atoms with van der Waals surface area (Å²) in [5, 5.41) is 2.75. The summed E-state index contributed by atoms with van der Waals surface area (Å²) in [5.74, 6) is 0.902. The Kier molecular flexibility index (Phi) is 6.73. The topological polar surface area (TPSA) is 7.65 Å². The second kappa shape index (κ2) is 11.8. The minimum Gasteiger partial charge on any atom is -0.310 e. The number of anilines is 2. The van der Waals surface area contributed by atoms with Crippen molar-refractivity contribution in [3.8, 4) is 22.3 Å². The van der Waals surface area contributed by atoms with Crippen LogP contribution in [0.1, 0.15) is 48.9 Å². The van der Waals surface area contributed by atoms with E-state index in [-0.39, 0.29) is 5.41 Å². The van der Waals surface area contributed by atoms with Crippen molar-refractivity contribution in [2.75, 3.05) is 4.90 Å². The third kappa shape index (κ3) is 4.44. The van der Waals surface area contributed by atoms with E-state index in [2.05, 4.69) is 193 Å². The van der Waals surface area contributed by atoms with Gasteiger partial charge in [-0.3, -0.25) is 0 Å². The Morgan fingerprint density at radius 2 is 1.36 bits per heavy atom. The number of benzene rings is 5. The number of aromatic nitrogens is 1. The number of hydrogen-bond donors (Lipinski definition) is 0. The van der Waals surface area contributed by atoms with E-state index >= 15 is 0 Å². The van der Waals surface area contributed by atoms with Gasteiger partial charge < -0.3 is 9.30 Å². The molecule has 0 bridgehead atoms. The molecule has 0 radical (unpaired) electrons. The van der Waals surface area contributed by atoms with Gasteiger partial charge in [0.2, 0.25) is 0 Å². The quantitative estimate of drug-likeness (QED) is 0.172. The molecule has 268 valence electrons. The van der Waals surface area contributed by atoms with E-state index in [1.807, 2.05) is 0 Å². The molecule has 3 heterocycles. The summed E-state index contributed by atoms with van der Waals surface area (Å²) in [6.45, 7) is 4.74. The molecule has 2 heteroatoms. The number of rotatable bonds is 5. The number of allylic oxidation sites excluding steroid dienone is 7. The van der Waals surface area contributed by atoms with Gasteiger partial charge in [0, 0.05) is 44.6 Å². The molecule has 12 rings (SSSR count). The van der Waals surface area contributed by atoms with E-state index in [4.69, 9.17) is 0 Å². The molecule has 0 spiro atoms. The van der Waals surface area contributed by atoms with Gasteiger partial charge in [0.1, 0.15) is 0 Å². The molecule has 56 heavy (non-hydrogen) atoms. The Labute approximate surface area is 328 Å². The summed E-state index contributed by atoms with van der Waals surface area (Å²) in [7, 11) is 0. The van der Waals surface area contributed by atoms with Crippen molar-refractivity contribution in [1.29, 1.82) is 0 Å². The van der Waals surface area contributed by atoms with Crippen molar-refractivity contribution in [1.82, 2.24) is 4.40 Å². The first kappa shape index (κ1) is 31.9. The zero-order chi connectivity index (χ0) is 37.1. The molecule has 0 saturated carbocycles. The lowest BCUT2D eigenvalue weighted by atomic mass is 9.81. The third-order valence-electron chi connectivity index (χ3n) is 13.5. The van der Waals surface area contributed by atoms with E-state index in [1.54, 1.807) is 11.1 Å². The van der Waals surface area contributed by atoms with Gasteiger partial charge in [0.15, 0.2) is 0 Å². The molecule has 0 N–H and O–H groups in total. The van der Waals surface area contributed by atoms with Crippen molar-refractivity contribution >= 4 is 44.3 Å². The van der Waals surface area contributed by atoms with Crippen LogP contribution in [0.15, 0.2) is 181 Å². The Balaban J connectivity index is 0.927. The van der Waals surface area contributed by atoms with Crippen LogP contribution in [0.5, 0.6) is 0 Å². The molecule has 2 nitrogen and oxygen atoms in total. The van der Waals surface area contributed by atoms with Gasteiger partial charge in [-0.2, -0.15) is 0 Å². The average molecular weight is 719 g/mol. The maximum Gasteiger partial charge on any atom is 0.0580 e. The normalized spacial score (nSPS) is 19.1. The molecule has 0 aliphatic heterocycles. The van der Waals surface area contributed by atoms with Crippen LogP contribution in [0.2, 0.25) is 0 Å². The number of pyridine rings is 1. The molecule has 3 aromatic heterocycles. The lowest BCUT2D eigenvalue weighted by molar-refractivity contribution is 0.660. The van der Waals surface area contributed by atoms with Gasteiger partial charge >= 0.3 is 0 Å². The molecule has 4 aliphatic carbocycles. The first-order valence-corrected chi connectivity index (χ1v) is 20.3. The Hall–Kier alpha value is -6.38. The van der Waals surface area contributed by atoms with Gasteiger partial charge in [-0.1, -0.05) is 147 Å². The Morgan fingerprint density at radius 1 is 0.625 bits per heavy atom. The monoisotopic (exact) mass is 718 g/mol. The molecule has 2 unspecified atom stereocenters. The molecule has 0 saturated heterocycles. The van der Waals surface area contributed by atoms with Gasteiger partial charge in [-0.25, -0.2) is 0 Å². The molecular formula is C54H42N2. The van der Waals surface area contributed by atoms with Gasteiger partial charge in [-0.05, 0) is 106 Å². The first-order chi connectivity index (χ1) is 27.5. The second-order valence-electron chi connectivity index (χ2n) is 16.8. The van der Waals surface area contributed by atoms with Crippen LogP contribution < -0.4 is 4.90 Å². The summed E-state index contributed by atoms with van der Waals surface area (Å²) in [5.41, 5.74) is 21.7. The molecular weight excluding hydrogens is 677 g/mol. The molecule has 8 aromatic rings. The lowest BCUT2D eigenvalue weighted by Gasteiger charge is -2.32. The highest BCUT2D eigenvalue weighted by Crippen LogP contribution is 2.54. The van der Waals surface area contributed by atoms with E-state index in [9.17, 15) is 0 Å². The highest BCUT2D eigenvalue weighted by molar-refractivity contribution is 6.14. The average Bonchev–Trinajstić information content (AvgIpc) is 3.96. The summed E-state index contributed by atoms with van der Waals surface area (Å²) in [6.07, 6.45) is 15.7. The summed E-state index contributed by atoms with van der Waals surface area (Å²) in [4.78, 5) is 2.51. The smallest absolute Gasteiger partial charge is 0.0580 e.